The molecule has 1 saturated heterocycles. The SMILES string of the molecule is C=C/C=C(\C=C/C)CC.CCCC1CC(=O)N(CC(C=NC)C(C)=O)C1. The molecule has 26 heavy (non-hydrogen) atoms. The van der Waals surface area contributed by atoms with E-state index in [-0.39, 0.29) is 17.6 Å². The predicted molar refractivity (Wildman–Crippen MR) is 112 cm³/mol. The number of carbonyl (C=O) groups excluding carboxylic acids is 2. The summed E-state index contributed by atoms with van der Waals surface area (Å²) in [5.41, 5.74) is 1.33. The molecule has 0 aliphatic carbocycles. The summed E-state index contributed by atoms with van der Waals surface area (Å²) in [5.74, 6) is 0.476. The van der Waals surface area contributed by atoms with Crippen LogP contribution in [0.15, 0.2) is 41.4 Å². The van der Waals surface area contributed by atoms with Crippen LogP contribution in [0.2, 0.25) is 0 Å². The second kappa shape index (κ2) is 14.2. The number of Topliss-reactive ketones (excluding diaryl/α,β-unsaturated/α-hetero) is 1. The Hall–Kier alpha value is -1.97. The number of nitrogens with zero attached hydrogens (tertiary/aromatic N) is 2. The Morgan fingerprint density at radius 2 is 2.12 bits per heavy atom. The second-order valence-corrected chi connectivity index (χ2v) is 6.61. The van der Waals surface area contributed by atoms with Crippen molar-refractivity contribution in [3.05, 3.63) is 36.5 Å². The Morgan fingerprint density at radius 3 is 2.58 bits per heavy atom. The van der Waals surface area contributed by atoms with Crippen LogP contribution in [-0.4, -0.2) is 42.9 Å². The van der Waals surface area contributed by atoms with E-state index in [0.29, 0.717) is 18.9 Å². The average Bonchev–Trinajstić information content (AvgIpc) is 2.94. The van der Waals surface area contributed by atoms with Crippen molar-refractivity contribution in [3.8, 4) is 0 Å². The average molecular weight is 361 g/mol. The van der Waals surface area contributed by atoms with E-state index in [1.54, 1.807) is 20.2 Å². The molecule has 0 spiro atoms. The van der Waals surface area contributed by atoms with E-state index in [1.807, 2.05) is 30.1 Å². The molecule has 1 amide bonds. The Balaban J connectivity index is 0.000000590. The van der Waals surface area contributed by atoms with Crippen molar-refractivity contribution >= 4 is 17.9 Å². The van der Waals surface area contributed by atoms with Crippen LogP contribution in [0.1, 0.15) is 53.4 Å². The first-order valence-corrected chi connectivity index (χ1v) is 9.58. The Kier molecular flexibility index (Phi) is 13.1. The van der Waals surface area contributed by atoms with Crippen LogP contribution < -0.4 is 0 Å². The number of hydrogen-bond acceptors (Lipinski definition) is 3. The van der Waals surface area contributed by atoms with Gasteiger partial charge < -0.3 is 9.89 Å². The van der Waals surface area contributed by atoms with Gasteiger partial charge in [0.15, 0.2) is 0 Å². The zero-order chi connectivity index (χ0) is 19.9. The lowest BCUT2D eigenvalue weighted by atomic mass is 10.0. The molecule has 1 aliphatic rings. The molecule has 0 bridgehead atoms. The minimum absolute atomic E-state index is 0.0716. The van der Waals surface area contributed by atoms with Crippen molar-refractivity contribution in [2.45, 2.75) is 53.4 Å². The standard InChI is InChI=1S/C13H22N2O2.C9H14/c1-4-5-11-6-13(17)15(8-11)9-12(7-14-3)10(2)16;1-4-7-9(6-3)8-5-2/h7,11-12H,4-6,8-9H2,1-3H3;4-5,7-8H,1,6H2,2-3H3/b;8-5-,9-7-. The van der Waals surface area contributed by atoms with Crippen LogP contribution in [0.4, 0.5) is 0 Å². The van der Waals surface area contributed by atoms with E-state index in [0.717, 1.165) is 25.8 Å². The van der Waals surface area contributed by atoms with Crippen LogP contribution in [0.5, 0.6) is 0 Å². The van der Waals surface area contributed by atoms with Crippen molar-refractivity contribution in [1.29, 1.82) is 0 Å². The number of ketones is 1. The summed E-state index contributed by atoms with van der Waals surface area (Å²) in [6.45, 7) is 12.8. The highest BCUT2D eigenvalue weighted by molar-refractivity contribution is 5.94. The van der Waals surface area contributed by atoms with Crippen LogP contribution >= 0.6 is 0 Å². The molecule has 1 rings (SSSR count). The van der Waals surface area contributed by atoms with E-state index in [9.17, 15) is 9.59 Å². The predicted octanol–water partition coefficient (Wildman–Crippen LogP) is 4.63. The van der Waals surface area contributed by atoms with Crippen molar-refractivity contribution in [1.82, 2.24) is 4.90 Å². The molecule has 1 heterocycles. The van der Waals surface area contributed by atoms with Crippen molar-refractivity contribution in [2.75, 3.05) is 20.1 Å². The summed E-state index contributed by atoms with van der Waals surface area (Å²) >= 11 is 0. The first kappa shape index (κ1) is 24.0. The number of amides is 1. The molecule has 4 nitrogen and oxygen atoms in total. The summed E-state index contributed by atoms with van der Waals surface area (Å²) in [5, 5.41) is 0. The zero-order valence-electron chi connectivity index (χ0n) is 17.2. The minimum Gasteiger partial charge on any atom is -0.341 e. The molecule has 2 atom stereocenters. The summed E-state index contributed by atoms with van der Waals surface area (Å²) in [6, 6.07) is 0. The van der Waals surface area contributed by atoms with Gasteiger partial charge >= 0.3 is 0 Å². The summed E-state index contributed by atoms with van der Waals surface area (Å²) in [6.07, 6.45) is 13.5. The van der Waals surface area contributed by atoms with Crippen LogP contribution in [-0.2, 0) is 9.59 Å². The fourth-order valence-corrected chi connectivity index (χ4v) is 2.99. The van der Waals surface area contributed by atoms with Crippen LogP contribution in [0, 0.1) is 11.8 Å². The third kappa shape index (κ3) is 9.50. The van der Waals surface area contributed by atoms with E-state index in [4.69, 9.17) is 0 Å². The number of carbonyl (C=O) groups is 2. The molecular formula is C22H36N2O2. The number of rotatable bonds is 9. The van der Waals surface area contributed by atoms with E-state index >= 15 is 0 Å². The van der Waals surface area contributed by atoms with Crippen molar-refractivity contribution < 1.29 is 9.59 Å². The molecule has 0 radical (unpaired) electrons. The molecular weight excluding hydrogens is 324 g/mol. The van der Waals surface area contributed by atoms with E-state index in [2.05, 4.69) is 31.5 Å². The molecule has 4 heteroatoms. The largest absolute Gasteiger partial charge is 0.341 e. The van der Waals surface area contributed by atoms with Gasteiger partial charge in [-0.2, -0.15) is 0 Å². The summed E-state index contributed by atoms with van der Waals surface area (Å²) in [7, 11) is 1.65. The monoisotopic (exact) mass is 360 g/mol. The van der Waals surface area contributed by atoms with Gasteiger partial charge in [0.2, 0.25) is 5.91 Å². The summed E-state index contributed by atoms with van der Waals surface area (Å²) in [4.78, 5) is 28.9. The van der Waals surface area contributed by atoms with Gasteiger partial charge in [0.25, 0.3) is 0 Å². The maximum absolute atomic E-state index is 11.8. The molecule has 1 aliphatic heterocycles. The minimum atomic E-state index is -0.246. The van der Waals surface area contributed by atoms with Crippen LogP contribution in [0.3, 0.4) is 0 Å². The highest BCUT2D eigenvalue weighted by Crippen LogP contribution is 2.22. The topological polar surface area (TPSA) is 49.7 Å². The quantitative estimate of drug-likeness (QED) is 0.445. The molecule has 0 N–H and O–H groups in total. The Labute approximate surface area is 159 Å². The van der Waals surface area contributed by atoms with Gasteiger partial charge in [0.1, 0.15) is 5.78 Å². The first-order chi connectivity index (χ1) is 12.4. The van der Waals surface area contributed by atoms with Crippen molar-refractivity contribution in [3.63, 3.8) is 0 Å². The maximum Gasteiger partial charge on any atom is 0.222 e. The van der Waals surface area contributed by atoms with Gasteiger partial charge in [-0.05, 0) is 38.2 Å². The lowest BCUT2D eigenvalue weighted by molar-refractivity contribution is -0.128. The number of likely N-dealkylation sites (tertiary alicyclic amines) is 1. The normalized spacial score (nSPS) is 19.0. The molecule has 0 aromatic heterocycles. The highest BCUT2D eigenvalue weighted by Gasteiger charge is 2.30. The van der Waals surface area contributed by atoms with E-state index in [1.165, 1.54) is 5.57 Å². The second-order valence-electron chi connectivity index (χ2n) is 6.61. The zero-order valence-corrected chi connectivity index (χ0v) is 17.2. The first-order valence-electron chi connectivity index (χ1n) is 9.58. The van der Waals surface area contributed by atoms with Crippen LogP contribution in [0.25, 0.3) is 0 Å². The highest BCUT2D eigenvalue weighted by atomic mass is 16.2. The Morgan fingerprint density at radius 1 is 1.42 bits per heavy atom. The molecule has 0 aromatic carbocycles. The molecule has 0 aromatic rings. The Bertz CT molecular complexity index is 532. The molecule has 2 unspecified atom stereocenters. The fourth-order valence-electron chi connectivity index (χ4n) is 2.99. The fraction of sp³-hybridized carbons (Fsp3) is 0.591. The lowest BCUT2D eigenvalue weighted by Crippen LogP contribution is -2.34. The lowest BCUT2D eigenvalue weighted by Gasteiger charge is -2.20. The number of allylic oxidation sites excluding steroid dienone is 5. The van der Waals surface area contributed by atoms with Gasteiger partial charge in [-0.15, -0.1) is 0 Å². The maximum atomic E-state index is 11.8. The van der Waals surface area contributed by atoms with Gasteiger partial charge in [0.05, 0.1) is 5.92 Å². The summed E-state index contributed by atoms with van der Waals surface area (Å²) < 4.78 is 0. The van der Waals surface area contributed by atoms with Gasteiger partial charge in [-0.25, -0.2) is 0 Å². The van der Waals surface area contributed by atoms with Gasteiger partial charge in [-0.1, -0.05) is 51.2 Å². The smallest absolute Gasteiger partial charge is 0.222 e. The number of hydrogen-bond donors (Lipinski definition) is 0. The molecule has 146 valence electrons. The van der Waals surface area contributed by atoms with Gasteiger partial charge in [0, 0.05) is 32.8 Å². The van der Waals surface area contributed by atoms with Gasteiger partial charge in [-0.3, -0.25) is 9.59 Å². The van der Waals surface area contributed by atoms with Crippen molar-refractivity contribution in [2.24, 2.45) is 16.8 Å². The third-order valence-electron chi connectivity index (χ3n) is 4.38. The third-order valence-corrected chi connectivity index (χ3v) is 4.38. The molecule has 0 saturated carbocycles. The van der Waals surface area contributed by atoms with E-state index < -0.39 is 0 Å². The molecule has 1 fully saturated rings. The number of aliphatic imine (C=N–C) groups is 1.